The van der Waals surface area contributed by atoms with E-state index in [1.165, 1.54) is 0 Å². The number of nitrogens with zero attached hydrogens (tertiary/aromatic N) is 1. The number of aliphatic hydroxyl groups excluding tert-OH is 1. The second kappa shape index (κ2) is 9.00. The van der Waals surface area contributed by atoms with Crippen molar-refractivity contribution in [2.45, 2.75) is 64.5 Å². The van der Waals surface area contributed by atoms with Crippen LogP contribution in [-0.2, 0) is 9.59 Å². The third-order valence-corrected chi connectivity index (χ3v) is 6.06. The number of rotatable bonds is 6. The summed E-state index contributed by atoms with van der Waals surface area (Å²) >= 11 is 0. The van der Waals surface area contributed by atoms with Crippen LogP contribution >= 0.6 is 0 Å². The van der Waals surface area contributed by atoms with Gasteiger partial charge in [0.2, 0.25) is 0 Å². The Bertz CT molecular complexity index is 999. The Balaban J connectivity index is 1.80. The van der Waals surface area contributed by atoms with Gasteiger partial charge in [-0.05, 0) is 50.5 Å². The normalized spacial score (nSPS) is 21.6. The molecule has 2 aromatic rings. The van der Waals surface area contributed by atoms with Crippen LogP contribution in [-0.4, -0.2) is 34.3 Å². The summed E-state index contributed by atoms with van der Waals surface area (Å²) in [5.41, 5.74) is 0.529. The first-order valence-corrected chi connectivity index (χ1v) is 11.1. The van der Waals surface area contributed by atoms with Crippen LogP contribution in [0.4, 0.5) is 0 Å². The molecule has 2 fully saturated rings. The zero-order valence-electron chi connectivity index (χ0n) is 18.1. The lowest BCUT2D eigenvalue weighted by atomic mass is 9.92. The fourth-order valence-corrected chi connectivity index (χ4v) is 4.57. The van der Waals surface area contributed by atoms with Gasteiger partial charge in [-0.15, -0.1) is 0 Å². The molecule has 6 heteroatoms. The molecule has 1 aliphatic heterocycles. The van der Waals surface area contributed by atoms with Crippen molar-refractivity contribution in [3.8, 4) is 5.75 Å². The molecule has 0 spiro atoms. The second-order valence-corrected chi connectivity index (χ2v) is 8.32. The minimum absolute atomic E-state index is 0.0369. The summed E-state index contributed by atoms with van der Waals surface area (Å²) in [7, 11) is 0. The molecular formula is C25H29NO5. The fourth-order valence-electron chi connectivity index (χ4n) is 4.57. The van der Waals surface area contributed by atoms with Gasteiger partial charge in [0, 0.05) is 11.6 Å². The molecule has 1 aromatic carbocycles. The number of carbonyl (C=O) groups excluding carboxylic acids is 2. The summed E-state index contributed by atoms with van der Waals surface area (Å²) in [5, 5.41) is 11.2. The molecule has 6 nitrogen and oxygen atoms in total. The minimum atomic E-state index is -0.725. The van der Waals surface area contributed by atoms with E-state index < -0.39 is 17.7 Å². The topological polar surface area (TPSA) is 80.0 Å². The van der Waals surface area contributed by atoms with Crippen molar-refractivity contribution in [3.05, 3.63) is 59.1 Å². The van der Waals surface area contributed by atoms with E-state index in [2.05, 4.69) is 0 Å². The Kier molecular flexibility index (Phi) is 6.16. The first kappa shape index (κ1) is 21.2. The van der Waals surface area contributed by atoms with Crippen molar-refractivity contribution in [2.75, 3.05) is 6.61 Å². The van der Waals surface area contributed by atoms with Crippen molar-refractivity contribution in [1.82, 2.24) is 4.90 Å². The zero-order valence-corrected chi connectivity index (χ0v) is 18.1. The van der Waals surface area contributed by atoms with Crippen LogP contribution in [0.15, 0.2) is 46.4 Å². The number of benzene rings is 1. The standard InChI is InChI=1S/C25H29NO5/c1-3-14-30-19-11-7-8-17(15-19)23(27)21-22(20-13-12-16(2)31-20)26(25(29)24(21)28)18-9-5-4-6-10-18/h7-8,11-13,15,18,22,27H,3-6,9-10,14H2,1-2H3/b23-21-. The number of furan rings is 1. The van der Waals surface area contributed by atoms with Gasteiger partial charge in [-0.2, -0.15) is 0 Å². The molecule has 0 bridgehead atoms. The van der Waals surface area contributed by atoms with Gasteiger partial charge < -0.3 is 19.2 Å². The fraction of sp³-hybridized carbons (Fsp3) is 0.440. The average Bonchev–Trinajstić information content (AvgIpc) is 3.33. The van der Waals surface area contributed by atoms with Gasteiger partial charge >= 0.3 is 0 Å². The number of likely N-dealkylation sites (tertiary alicyclic amines) is 1. The third-order valence-electron chi connectivity index (χ3n) is 6.06. The van der Waals surface area contributed by atoms with Crippen LogP contribution in [0.1, 0.15) is 68.6 Å². The van der Waals surface area contributed by atoms with Crippen LogP contribution in [0.2, 0.25) is 0 Å². The van der Waals surface area contributed by atoms with Crippen LogP contribution in [0.25, 0.3) is 5.76 Å². The highest BCUT2D eigenvalue weighted by Gasteiger charge is 2.50. The van der Waals surface area contributed by atoms with Crippen LogP contribution in [0.5, 0.6) is 5.75 Å². The van der Waals surface area contributed by atoms with E-state index in [9.17, 15) is 14.7 Å². The number of carbonyl (C=O) groups is 2. The molecule has 1 saturated heterocycles. The number of Topliss-reactive ketones (excluding diaryl/α,β-unsaturated/α-hetero) is 1. The Labute approximate surface area is 182 Å². The van der Waals surface area contributed by atoms with E-state index in [0.717, 1.165) is 38.5 Å². The van der Waals surface area contributed by atoms with Gasteiger partial charge in [0.1, 0.15) is 29.1 Å². The summed E-state index contributed by atoms with van der Waals surface area (Å²) in [4.78, 5) is 27.9. The summed E-state index contributed by atoms with van der Waals surface area (Å²) < 4.78 is 11.5. The number of amides is 1. The van der Waals surface area contributed by atoms with Gasteiger partial charge in [-0.1, -0.05) is 38.3 Å². The molecule has 1 unspecified atom stereocenters. The molecule has 2 heterocycles. The van der Waals surface area contributed by atoms with E-state index in [4.69, 9.17) is 9.15 Å². The molecule has 164 valence electrons. The second-order valence-electron chi connectivity index (χ2n) is 8.32. The van der Waals surface area contributed by atoms with Crippen LogP contribution < -0.4 is 4.74 Å². The number of aliphatic hydroxyl groups is 1. The predicted molar refractivity (Wildman–Crippen MR) is 117 cm³/mol. The van der Waals surface area contributed by atoms with E-state index in [0.29, 0.717) is 29.4 Å². The summed E-state index contributed by atoms with van der Waals surface area (Å²) in [6.45, 7) is 4.40. The molecule has 1 saturated carbocycles. The Hall–Kier alpha value is -3.02. The molecule has 1 atom stereocenters. The molecular weight excluding hydrogens is 394 g/mol. The molecule has 1 aromatic heterocycles. The van der Waals surface area contributed by atoms with E-state index in [1.54, 1.807) is 35.2 Å². The van der Waals surface area contributed by atoms with E-state index in [1.807, 2.05) is 19.9 Å². The highest BCUT2D eigenvalue weighted by atomic mass is 16.5. The number of aryl methyl sites for hydroxylation is 1. The Morgan fingerprint density at radius 2 is 1.94 bits per heavy atom. The van der Waals surface area contributed by atoms with Gasteiger partial charge in [0.05, 0.1) is 12.2 Å². The molecule has 1 aliphatic carbocycles. The summed E-state index contributed by atoms with van der Waals surface area (Å²) in [5.74, 6) is 0.379. The highest BCUT2D eigenvalue weighted by molar-refractivity contribution is 6.46. The summed E-state index contributed by atoms with van der Waals surface area (Å²) in [6.07, 6.45) is 5.74. The lowest BCUT2D eigenvalue weighted by molar-refractivity contribution is -0.142. The van der Waals surface area contributed by atoms with Crippen LogP contribution in [0.3, 0.4) is 0 Å². The van der Waals surface area contributed by atoms with E-state index >= 15 is 0 Å². The van der Waals surface area contributed by atoms with E-state index in [-0.39, 0.29) is 17.4 Å². The van der Waals surface area contributed by atoms with Gasteiger partial charge in [-0.3, -0.25) is 9.59 Å². The largest absolute Gasteiger partial charge is 0.507 e. The van der Waals surface area contributed by atoms with Crippen molar-refractivity contribution in [3.63, 3.8) is 0 Å². The lowest BCUT2D eigenvalue weighted by Gasteiger charge is -2.34. The smallest absolute Gasteiger partial charge is 0.296 e. The number of ether oxygens (including phenoxy) is 1. The van der Waals surface area contributed by atoms with Crippen molar-refractivity contribution in [1.29, 1.82) is 0 Å². The zero-order chi connectivity index (χ0) is 22.0. The molecule has 1 amide bonds. The van der Waals surface area contributed by atoms with Crippen molar-refractivity contribution < 1.29 is 23.8 Å². The quantitative estimate of drug-likeness (QED) is 0.396. The average molecular weight is 424 g/mol. The molecule has 2 aliphatic rings. The molecule has 0 radical (unpaired) electrons. The minimum Gasteiger partial charge on any atom is -0.507 e. The van der Waals surface area contributed by atoms with Gasteiger partial charge in [0.25, 0.3) is 11.7 Å². The highest BCUT2D eigenvalue weighted by Crippen LogP contribution is 2.43. The number of hydrogen-bond acceptors (Lipinski definition) is 5. The first-order valence-electron chi connectivity index (χ1n) is 11.1. The summed E-state index contributed by atoms with van der Waals surface area (Å²) in [6, 6.07) is 9.83. The maximum absolute atomic E-state index is 13.1. The molecule has 4 rings (SSSR count). The monoisotopic (exact) mass is 423 g/mol. The third kappa shape index (κ3) is 4.11. The molecule has 31 heavy (non-hydrogen) atoms. The molecule has 1 N–H and O–H groups in total. The van der Waals surface area contributed by atoms with Gasteiger partial charge in [-0.25, -0.2) is 0 Å². The van der Waals surface area contributed by atoms with Gasteiger partial charge in [0.15, 0.2) is 0 Å². The first-order chi connectivity index (χ1) is 15.0. The number of ketones is 1. The maximum Gasteiger partial charge on any atom is 0.296 e. The maximum atomic E-state index is 13.1. The Morgan fingerprint density at radius 1 is 1.16 bits per heavy atom. The number of hydrogen-bond donors (Lipinski definition) is 1. The Morgan fingerprint density at radius 3 is 2.61 bits per heavy atom. The van der Waals surface area contributed by atoms with Crippen molar-refractivity contribution >= 4 is 17.4 Å². The van der Waals surface area contributed by atoms with Crippen LogP contribution in [0, 0.1) is 6.92 Å². The lowest BCUT2D eigenvalue weighted by Crippen LogP contribution is -2.40. The predicted octanol–water partition coefficient (Wildman–Crippen LogP) is 5.13. The van der Waals surface area contributed by atoms with Crippen molar-refractivity contribution in [2.24, 2.45) is 0 Å². The SMILES string of the molecule is CCCOc1cccc(/C(O)=C2/C(=O)C(=O)N(C3CCCCC3)C2c2ccc(C)o2)c1.